The molecule has 0 bridgehead atoms. The van der Waals surface area contributed by atoms with E-state index in [1.54, 1.807) is 0 Å². The molecule has 1 amide bonds. The van der Waals surface area contributed by atoms with Crippen molar-refractivity contribution < 1.29 is 84.6 Å². The van der Waals surface area contributed by atoms with E-state index in [-0.39, 0.29) is 16.9 Å². The summed E-state index contributed by atoms with van der Waals surface area (Å²) in [5.41, 5.74) is -5.02. The molecule has 2 aromatic rings. The zero-order chi connectivity index (χ0) is 37.2. The van der Waals surface area contributed by atoms with Crippen molar-refractivity contribution in [3.05, 3.63) is 51.6 Å². The van der Waals surface area contributed by atoms with Gasteiger partial charge in [-0.15, -0.1) is 0 Å². The maximum absolute atomic E-state index is 13.8. The molecule has 2 aliphatic carbocycles. The van der Waals surface area contributed by atoms with Crippen molar-refractivity contribution in [2.75, 3.05) is 7.11 Å². The van der Waals surface area contributed by atoms with E-state index in [4.69, 9.17) is 14.2 Å². The second kappa shape index (κ2) is 12.5. The minimum atomic E-state index is -5.57. The van der Waals surface area contributed by atoms with E-state index in [9.17, 15) is 65.6 Å². The molecule has 6 atom stereocenters. The van der Waals surface area contributed by atoms with E-state index in [1.807, 2.05) is 0 Å². The molecule has 4 N–H and O–H groups in total. The SMILES string of the molecule is COc1cccc2c1C(=O)c1c(O)c3c(c(O)c1C2=O)C[C@@](O)(C(C)=O)C[C@@H]3O[C@H]1C[C@H](NC(=O)C(F)(F)F)[C@H](OC(=O)C(F)(F)F)[C@H](C)O1. The Morgan fingerprint density at radius 3 is 2.20 bits per heavy atom. The molecule has 0 saturated carbocycles. The molecule has 0 radical (unpaired) electrons. The summed E-state index contributed by atoms with van der Waals surface area (Å²) in [6, 6.07) is 2.00. The first-order valence-corrected chi connectivity index (χ1v) is 14.7. The number of ether oxygens (including phenoxy) is 4. The molecule has 1 fully saturated rings. The van der Waals surface area contributed by atoms with E-state index in [0.717, 1.165) is 13.8 Å². The first-order valence-electron chi connectivity index (χ1n) is 14.7. The van der Waals surface area contributed by atoms with Crippen molar-refractivity contribution in [3.63, 3.8) is 0 Å². The quantitative estimate of drug-likeness (QED) is 0.166. The Kier molecular flexibility index (Phi) is 9.16. The van der Waals surface area contributed by atoms with Crippen molar-refractivity contribution in [3.8, 4) is 17.2 Å². The fourth-order valence-corrected chi connectivity index (χ4v) is 6.37. The van der Waals surface area contributed by atoms with Gasteiger partial charge < -0.3 is 39.6 Å². The average molecular weight is 720 g/mol. The van der Waals surface area contributed by atoms with Crippen LogP contribution < -0.4 is 10.1 Å². The minimum absolute atomic E-state index is 0.0563. The Morgan fingerprint density at radius 1 is 0.980 bits per heavy atom. The number of amides is 1. The highest BCUT2D eigenvalue weighted by molar-refractivity contribution is 6.31. The van der Waals surface area contributed by atoms with E-state index in [2.05, 4.69) is 4.74 Å². The van der Waals surface area contributed by atoms with Crippen molar-refractivity contribution in [1.82, 2.24) is 5.32 Å². The third kappa shape index (κ3) is 6.24. The van der Waals surface area contributed by atoms with E-state index in [1.165, 1.54) is 30.6 Å². The molecule has 5 rings (SSSR count). The lowest BCUT2D eigenvalue weighted by molar-refractivity contribution is -0.262. The molecule has 0 aromatic heterocycles. The number of carbonyl (C=O) groups excluding carboxylic acids is 5. The van der Waals surface area contributed by atoms with Crippen LogP contribution in [0.4, 0.5) is 26.3 Å². The van der Waals surface area contributed by atoms with Gasteiger partial charge in [0.15, 0.2) is 17.9 Å². The highest BCUT2D eigenvalue weighted by Crippen LogP contribution is 2.52. The minimum Gasteiger partial charge on any atom is -0.507 e. The Balaban J connectivity index is 1.58. The number of fused-ring (bicyclic) bond motifs is 3. The number of rotatable bonds is 6. The average Bonchev–Trinajstić information content (AvgIpc) is 3.01. The summed E-state index contributed by atoms with van der Waals surface area (Å²) in [5.74, 6) is -10.1. The fraction of sp³-hybridized carbons (Fsp3) is 0.452. The van der Waals surface area contributed by atoms with Crippen LogP contribution in [-0.2, 0) is 35.0 Å². The third-order valence-corrected chi connectivity index (χ3v) is 8.77. The monoisotopic (exact) mass is 719 g/mol. The van der Waals surface area contributed by atoms with Gasteiger partial charge in [0.25, 0.3) is 0 Å². The second-order valence-electron chi connectivity index (χ2n) is 11.9. The lowest BCUT2D eigenvalue weighted by Gasteiger charge is -2.43. The van der Waals surface area contributed by atoms with Gasteiger partial charge in [-0.3, -0.25) is 19.2 Å². The number of esters is 1. The predicted molar refractivity (Wildman–Crippen MR) is 150 cm³/mol. The van der Waals surface area contributed by atoms with Crippen LogP contribution in [0.1, 0.15) is 75.8 Å². The number of phenolic OH excluding ortho intramolecular Hbond substituents is 2. The first-order chi connectivity index (χ1) is 23.1. The molecule has 13 nitrogen and oxygen atoms in total. The zero-order valence-electron chi connectivity index (χ0n) is 26.0. The number of methoxy groups -OCH3 is 1. The van der Waals surface area contributed by atoms with Gasteiger partial charge in [0, 0.05) is 36.0 Å². The van der Waals surface area contributed by atoms with Crippen LogP contribution in [0.3, 0.4) is 0 Å². The molecular formula is C31H27F6NO12. The first kappa shape index (κ1) is 36.5. The molecule has 1 saturated heterocycles. The van der Waals surface area contributed by atoms with Crippen LogP contribution in [0, 0.1) is 0 Å². The molecule has 0 spiro atoms. The number of ketones is 3. The largest absolute Gasteiger partial charge is 0.507 e. The van der Waals surface area contributed by atoms with E-state index in [0.29, 0.717) is 0 Å². The van der Waals surface area contributed by atoms with Gasteiger partial charge in [-0.1, -0.05) is 12.1 Å². The number of alkyl halides is 6. The van der Waals surface area contributed by atoms with Crippen molar-refractivity contribution in [2.45, 2.75) is 81.7 Å². The summed E-state index contributed by atoms with van der Waals surface area (Å²) in [4.78, 5) is 63.4. The fourth-order valence-electron chi connectivity index (χ4n) is 6.37. The molecule has 19 heteroatoms. The summed E-state index contributed by atoms with van der Waals surface area (Å²) < 4.78 is 99.4. The van der Waals surface area contributed by atoms with Gasteiger partial charge in [-0.05, 0) is 19.9 Å². The number of benzene rings is 2. The molecule has 1 aliphatic heterocycles. The number of hydrogen-bond donors (Lipinski definition) is 4. The van der Waals surface area contributed by atoms with Crippen LogP contribution in [0.5, 0.6) is 17.2 Å². The Hall–Kier alpha value is -4.75. The third-order valence-electron chi connectivity index (χ3n) is 8.77. The van der Waals surface area contributed by atoms with Crippen LogP contribution in [-0.4, -0.2) is 94.1 Å². The number of halogens is 6. The number of carbonyl (C=O) groups is 5. The van der Waals surface area contributed by atoms with Crippen LogP contribution in [0.15, 0.2) is 18.2 Å². The molecule has 270 valence electrons. The van der Waals surface area contributed by atoms with Crippen molar-refractivity contribution in [1.29, 1.82) is 0 Å². The van der Waals surface area contributed by atoms with Gasteiger partial charge in [0.2, 0.25) is 5.78 Å². The van der Waals surface area contributed by atoms with E-state index >= 15 is 0 Å². The lowest BCUT2D eigenvalue weighted by atomic mass is 9.72. The van der Waals surface area contributed by atoms with Gasteiger partial charge in [0.1, 0.15) is 29.0 Å². The summed E-state index contributed by atoms with van der Waals surface area (Å²) in [7, 11) is 1.21. The maximum atomic E-state index is 13.8. The summed E-state index contributed by atoms with van der Waals surface area (Å²) >= 11 is 0. The summed E-state index contributed by atoms with van der Waals surface area (Å²) in [5, 5.41) is 35.7. The molecule has 2 aromatic carbocycles. The van der Waals surface area contributed by atoms with Gasteiger partial charge in [0.05, 0.1) is 42.0 Å². The molecule has 3 aliphatic rings. The Morgan fingerprint density at radius 2 is 1.62 bits per heavy atom. The number of hydrogen-bond acceptors (Lipinski definition) is 12. The maximum Gasteiger partial charge on any atom is 0.490 e. The highest BCUT2D eigenvalue weighted by Gasteiger charge is 2.52. The molecule has 1 heterocycles. The number of phenols is 2. The standard InChI is InChI=1S/C31H27F6NO12/c1-10-26(50-28(45)31(35,36)37)14(38-27(44)30(32,33)34)7-17(48-10)49-16-9-29(46,11(2)39)8-13-19(16)25(43)21-20(23(13)41)22(40)12-5-4-6-15(47-3)18(12)24(21)42/h4-6,10,14,16-17,26,41,43,46H,7-9H2,1-3H3,(H,38,44)/t10-,14-,16-,17-,26+,29-/m0/s1. The lowest BCUT2D eigenvalue weighted by Crippen LogP contribution is -2.59. The van der Waals surface area contributed by atoms with Crippen molar-refractivity contribution in [2.24, 2.45) is 0 Å². The second-order valence-corrected chi connectivity index (χ2v) is 11.9. The predicted octanol–water partition coefficient (Wildman–Crippen LogP) is 2.86. The smallest absolute Gasteiger partial charge is 0.490 e. The molecule has 50 heavy (non-hydrogen) atoms. The zero-order valence-corrected chi connectivity index (χ0v) is 26.0. The molecule has 0 unspecified atom stereocenters. The Labute approximate surface area is 277 Å². The van der Waals surface area contributed by atoms with Gasteiger partial charge in [-0.2, -0.15) is 26.3 Å². The molecular weight excluding hydrogens is 692 g/mol. The number of aromatic hydroxyl groups is 2. The highest BCUT2D eigenvalue weighted by atomic mass is 19.4. The van der Waals surface area contributed by atoms with Gasteiger partial charge >= 0.3 is 24.2 Å². The van der Waals surface area contributed by atoms with Crippen LogP contribution in [0.25, 0.3) is 0 Å². The Bertz CT molecular complexity index is 1810. The van der Waals surface area contributed by atoms with E-state index < -0.39 is 131 Å². The number of Topliss-reactive ketones (excluding diaryl/α,β-unsaturated/α-hetero) is 1. The van der Waals surface area contributed by atoms with Gasteiger partial charge in [-0.25, -0.2) is 4.79 Å². The summed E-state index contributed by atoms with van der Waals surface area (Å²) in [6.07, 6.45) is -20.9. The topological polar surface area (TPSA) is 195 Å². The van der Waals surface area contributed by atoms with Crippen molar-refractivity contribution >= 4 is 29.2 Å². The van der Waals surface area contributed by atoms with Crippen LogP contribution >= 0.6 is 0 Å². The van der Waals surface area contributed by atoms with Crippen LogP contribution in [0.2, 0.25) is 0 Å². The summed E-state index contributed by atoms with van der Waals surface area (Å²) in [6.45, 7) is 1.96. The number of nitrogens with one attached hydrogen (secondary N) is 1. The number of aliphatic hydroxyl groups is 1. The normalized spacial score (nSPS) is 26.3.